The molecule has 0 bridgehead atoms. The van der Waals surface area contributed by atoms with Crippen molar-refractivity contribution in [3.05, 3.63) is 0 Å². The SMILES string of the molecule is CCOC(=O)N[C@H](C)C(=O)C(C)C. The Morgan fingerprint density at radius 2 is 1.85 bits per heavy atom. The maximum Gasteiger partial charge on any atom is 0.407 e. The summed E-state index contributed by atoms with van der Waals surface area (Å²) in [4.78, 5) is 22.2. The summed E-state index contributed by atoms with van der Waals surface area (Å²) in [6.07, 6.45) is -0.538. The van der Waals surface area contributed by atoms with Crippen molar-refractivity contribution < 1.29 is 14.3 Å². The molecule has 0 aromatic heterocycles. The molecule has 4 nitrogen and oxygen atoms in total. The predicted octanol–water partition coefficient (Wildman–Crippen LogP) is 1.35. The van der Waals surface area contributed by atoms with Gasteiger partial charge >= 0.3 is 6.09 Å². The molecule has 0 saturated heterocycles. The van der Waals surface area contributed by atoms with Gasteiger partial charge in [-0.3, -0.25) is 4.79 Å². The molecule has 0 fully saturated rings. The third-order valence-corrected chi connectivity index (χ3v) is 1.61. The number of carbonyl (C=O) groups is 2. The third-order valence-electron chi connectivity index (χ3n) is 1.61. The molecular weight excluding hydrogens is 170 g/mol. The van der Waals surface area contributed by atoms with Crippen LogP contribution in [0.2, 0.25) is 0 Å². The summed E-state index contributed by atoms with van der Waals surface area (Å²) < 4.78 is 4.64. The number of nitrogens with one attached hydrogen (secondary N) is 1. The van der Waals surface area contributed by atoms with Gasteiger partial charge in [-0.1, -0.05) is 13.8 Å². The Kier molecular flexibility index (Phi) is 5.11. The zero-order chi connectivity index (χ0) is 10.4. The monoisotopic (exact) mass is 187 g/mol. The van der Waals surface area contributed by atoms with Crippen LogP contribution in [-0.4, -0.2) is 24.5 Å². The van der Waals surface area contributed by atoms with E-state index in [9.17, 15) is 9.59 Å². The van der Waals surface area contributed by atoms with Crippen molar-refractivity contribution in [2.75, 3.05) is 6.61 Å². The van der Waals surface area contributed by atoms with Gasteiger partial charge in [0.05, 0.1) is 12.6 Å². The Morgan fingerprint density at radius 3 is 2.23 bits per heavy atom. The zero-order valence-electron chi connectivity index (χ0n) is 8.59. The van der Waals surface area contributed by atoms with Crippen molar-refractivity contribution >= 4 is 11.9 Å². The molecule has 1 atom stereocenters. The number of carbonyl (C=O) groups excluding carboxylic acids is 2. The van der Waals surface area contributed by atoms with Crippen molar-refractivity contribution in [1.29, 1.82) is 0 Å². The van der Waals surface area contributed by atoms with Gasteiger partial charge in [0.25, 0.3) is 0 Å². The second kappa shape index (κ2) is 5.56. The quantitative estimate of drug-likeness (QED) is 0.722. The lowest BCUT2D eigenvalue weighted by Gasteiger charge is -2.14. The molecule has 0 unspecified atom stereocenters. The highest BCUT2D eigenvalue weighted by Gasteiger charge is 2.18. The lowest BCUT2D eigenvalue weighted by atomic mass is 10.0. The van der Waals surface area contributed by atoms with E-state index in [4.69, 9.17) is 0 Å². The van der Waals surface area contributed by atoms with E-state index >= 15 is 0 Å². The van der Waals surface area contributed by atoms with Crippen LogP contribution < -0.4 is 5.32 Å². The molecule has 13 heavy (non-hydrogen) atoms. The van der Waals surface area contributed by atoms with Gasteiger partial charge in [0.2, 0.25) is 0 Å². The minimum Gasteiger partial charge on any atom is -0.450 e. The number of hydrogen-bond acceptors (Lipinski definition) is 3. The number of ether oxygens (including phenoxy) is 1. The van der Waals surface area contributed by atoms with Gasteiger partial charge in [0, 0.05) is 5.92 Å². The molecule has 0 rings (SSSR count). The Hall–Kier alpha value is -1.06. The van der Waals surface area contributed by atoms with E-state index in [-0.39, 0.29) is 11.7 Å². The van der Waals surface area contributed by atoms with Crippen LogP contribution in [0.5, 0.6) is 0 Å². The average Bonchev–Trinajstić information content (AvgIpc) is 2.03. The number of rotatable bonds is 4. The van der Waals surface area contributed by atoms with Crippen molar-refractivity contribution in [3.8, 4) is 0 Å². The molecule has 1 N–H and O–H groups in total. The number of hydrogen-bond donors (Lipinski definition) is 1. The van der Waals surface area contributed by atoms with Crippen molar-refractivity contribution in [2.24, 2.45) is 5.92 Å². The fourth-order valence-corrected chi connectivity index (χ4v) is 0.921. The van der Waals surface area contributed by atoms with E-state index in [1.165, 1.54) is 0 Å². The highest BCUT2D eigenvalue weighted by molar-refractivity contribution is 5.88. The van der Waals surface area contributed by atoms with E-state index in [0.29, 0.717) is 6.61 Å². The average molecular weight is 187 g/mol. The van der Waals surface area contributed by atoms with Gasteiger partial charge in [-0.15, -0.1) is 0 Å². The second-order valence-corrected chi connectivity index (χ2v) is 3.14. The molecule has 0 aliphatic carbocycles. The molecule has 0 aromatic rings. The summed E-state index contributed by atoms with van der Waals surface area (Å²) in [6, 6.07) is -0.473. The smallest absolute Gasteiger partial charge is 0.407 e. The van der Waals surface area contributed by atoms with E-state index < -0.39 is 12.1 Å². The zero-order valence-corrected chi connectivity index (χ0v) is 8.59. The van der Waals surface area contributed by atoms with Gasteiger partial charge in [-0.2, -0.15) is 0 Å². The molecular formula is C9H17NO3. The van der Waals surface area contributed by atoms with E-state index in [2.05, 4.69) is 10.1 Å². The molecule has 4 heteroatoms. The molecule has 0 heterocycles. The van der Waals surface area contributed by atoms with Crippen LogP contribution in [-0.2, 0) is 9.53 Å². The van der Waals surface area contributed by atoms with Gasteiger partial charge in [-0.25, -0.2) is 4.79 Å². The first-order valence-electron chi connectivity index (χ1n) is 4.46. The molecule has 0 saturated carbocycles. The summed E-state index contributed by atoms with van der Waals surface area (Å²) in [5.41, 5.74) is 0. The molecule has 76 valence electrons. The van der Waals surface area contributed by atoms with Crippen LogP contribution >= 0.6 is 0 Å². The summed E-state index contributed by atoms with van der Waals surface area (Å²) in [5, 5.41) is 2.45. The minimum atomic E-state index is -0.538. The minimum absolute atomic E-state index is 0.00746. The normalized spacial score (nSPS) is 12.4. The van der Waals surface area contributed by atoms with Crippen molar-refractivity contribution in [3.63, 3.8) is 0 Å². The van der Waals surface area contributed by atoms with Crippen LogP contribution in [0.4, 0.5) is 4.79 Å². The molecule has 0 aliphatic heterocycles. The summed E-state index contributed by atoms with van der Waals surface area (Å²) in [5.74, 6) is -0.0648. The van der Waals surface area contributed by atoms with Gasteiger partial charge in [0.15, 0.2) is 5.78 Å². The third kappa shape index (κ3) is 4.50. The summed E-state index contributed by atoms with van der Waals surface area (Å²) in [6.45, 7) is 7.28. The Morgan fingerprint density at radius 1 is 1.31 bits per heavy atom. The molecule has 0 aromatic carbocycles. The first-order valence-corrected chi connectivity index (χ1v) is 4.46. The molecule has 0 aliphatic rings. The topological polar surface area (TPSA) is 55.4 Å². The fourth-order valence-electron chi connectivity index (χ4n) is 0.921. The molecule has 1 amide bonds. The van der Waals surface area contributed by atoms with Crippen LogP contribution in [0.15, 0.2) is 0 Å². The van der Waals surface area contributed by atoms with Crippen LogP contribution in [0, 0.1) is 5.92 Å². The maximum absolute atomic E-state index is 11.3. The van der Waals surface area contributed by atoms with Gasteiger partial charge in [0.1, 0.15) is 0 Å². The summed E-state index contributed by atoms with van der Waals surface area (Å²) >= 11 is 0. The Bertz CT molecular complexity index is 189. The Labute approximate surface area is 78.6 Å². The van der Waals surface area contributed by atoms with Crippen LogP contribution in [0.1, 0.15) is 27.7 Å². The lowest BCUT2D eigenvalue weighted by Crippen LogP contribution is -2.40. The Balaban J connectivity index is 3.92. The largest absolute Gasteiger partial charge is 0.450 e. The number of amides is 1. The van der Waals surface area contributed by atoms with Crippen molar-refractivity contribution in [1.82, 2.24) is 5.32 Å². The van der Waals surface area contributed by atoms with E-state index in [1.807, 2.05) is 0 Å². The number of Topliss-reactive ketones (excluding diaryl/α,β-unsaturated/α-hetero) is 1. The molecule has 0 radical (unpaired) electrons. The predicted molar refractivity (Wildman–Crippen MR) is 49.5 cm³/mol. The summed E-state index contributed by atoms with van der Waals surface area (Å²) in [7, 11) is 0. The first-order chi connectivity index (χ1) is 5.99. The fraction of sp³-hybridized carbons (Fsp3) is 0.778. The van der Waals surface area contributed by atoms with Crippen LogP contribution in [0.25, 0.3) is 0 Å². The number of alkyl carbamates (subject to hydrolysis) is 1. The van der Waals surface area contributed by atoms with E-state index in [1.54, 1.807) is 27.7 Å². The number of ketones is 1. The highest BCUT2D eigenvalue weighted by Crippen LogP contribution is 1.99. The maximum atomic E-state index is 11.3. The first kappa shape index (κ1) is 11.9. The highest BCUT2D eigenvalue weighted by atomic mass is 16.5. The van der Waals surface area contributed by atoms with E-state index in [0.717, 1.165) is 0 Å². The van der Waals surface area contributed by atoms with Crippen molar-refractivity contribution in [2.45, 2.75) is 33.7 Å². The van der Waals surface area contributed by atoms with Crippen LogP contribution in [0.3, 0.4) is 0 Å². The standard InChI is InChI=1S/C9H17NO3/c1-5-13-9(12)10-7(4)8(11)6(2)3/h6-7H,5H2,1-4H3,(H,10,12)/t7-/m1/s1. The van der Waals surface area contributed by atoms with Gasteiger partial charge < -0.3 is 10.1 Å². The second-order valence-electron chi connectivity index (χ2n) is 3.14. The van der Waals surface area contributed by atoms with Gasteiger partial charge in [-0.05, 0) is 13.8 Å². The molecule has 0 spiro atoms. The lowest BCUT2D eigenvalue weighted by molar-refractivity contribution is -0.123.